The Balaban J connectivity index is 2.10. The number of hydrogen-bond donors (Lipinski definition) is 2. The minimum Gasteiger partial charge on any atom is -0.481 e. The molecule has 0 aliphatic rings. The van der Waals surface area contributed by atoms with Gasteiger partial charge in [0, 0.05) is 11.3 Å². The minimum absolute atomic E-state index is 0.0291. The molecular formula is C15H16N4O4. The number of Topliss-reactive ketones (excluding diaryl/α,β-unsaturated/α-hetero) is 1. The van der Waals surface area contributed by atoms with Crippen molar-refractivity contribution in [3.8, 4) is 11.8 Å². The molecule has 23 heavy (non-hydrogen) atoms. The number of rotatable bonds is 5. The number of amides is 2. The highest BCUT2D eigenvalue weighted by atomic mass is 16.5. The number of carbonyl (C=O) groups excluding carboxylic acids is 2. The number of anilines is 2. The van der Waals surface area contributed by atoms with Crippen LogP contribution in [-0.2, 0) is 0 Å². The van der Waals surface area contributed by atoms with Crippen LogP contribution in [0.25, 0.3) is 0 Å². The zero-order chi connectivity index (χ0) is 16.8. The second kappa shape index (κ2) is 7.21. The van der Waals surface area contributed by atoms with E-state index in [0.717, 1.165) is 0 Å². The highest BCUT2D eigenvalue weighted by Gasteiger charge is 2.10. The number of aromatic nitrogens is 2. The molecule has 1 heterocycles. The molecule has 0 atom stereocenters. The topological polar surface area (TPSA) is 102 Å². The van der Waals surface area contributed by atoms with Crippen molar-refractivity contribution in [1.29, 1.82) is 0 Å². The standard InChI is InChI=1S/C15H16N4O4/c1-9(20)10-5-4-6-11(7-10)16-15(21)19-14-17-12(22-2)8-13(18-14)23-3/h4-8H,1-3H3,(H2,16,17,18,19,21). The summed E-state index contributed by atoms with van der Waals surface area (Å²) in [6.07, 6.45) is 0. The number of urea groups is 1. The molecule has 1 aromatic carbocycles. The van der Waals surface area contributed by atoms with Gasteiger partial charge >= 0.3 is 6.03 Å². The van der Waals surface area contributed by atoms with E-state index >= 15 is 0 Å². The molecule has 2 N–H and O–H groups in total. The van der Waals surface area contributed by atoms with Gasteiger partial charge in [0.05, 0.1) is 20.3 Å². The van der Waals surface area contributed by atoms with Gasteiger partial charge < -0.3 is 14.8 Å². The summed E-state index contributed by atoms with van der Waals surface area (Å²) in [6, 6.07) is 7.52. The molecule has 1 aromatic heterocycles. The van der Waals surface area contributed by atoms with Crippen LogP contribution in [-0.4, -0.2) is 36.0 Å². The summed E-state index contributed by atoms with van der Waals surface area (Å²) in [6.45, 7) is 1.45. The fraction of sp³-hybridized carbons (Fsp3) is 0.200. The lowest BCUT2D eigenvalue weighted by Crippen LogP contribution is -2.21. The summed E-state index contributed by atoms with van der Waals surface area (Å²) in [5.74, 6) is 0.452. The van der Waals surface area contributed by atoms with Gasteiger partial charge in [-0.2, -0.15) is 9.97 Å². The molecule has 0 radical (unpaired) electrons. The second-order valence-corrected chi connectivity index (χ2v) is 4.49. The van der Waals surface area contributed by atoms with Gasteiger partial charge in [-0.25, -0.2) is 4.79 Å². The van der Waals surface area contributed by atoms with Crippen LogP contribution in [0.4, 0.5) is 16.4 Å². The highest BCUT2D eigenvalue weighted by Crippen LogP contribution is 2.17. The Morgan fingerprint density at radius 1 is 1.00 bits per heavy atom. The van der Waals surface area contributed by atoms with Crippen LogP contribution in [0, 0.1) is 0 Å². The number of carbonyl (C=O) groups is 2. The molecular weight excluding hydrogens is 300 g/mol. The Hall–Kier alpha value is -3.16. The zero-order valence-electron chi connectivity index (χ0n) is 12.9. The smallest absolute Gasteiger partial charge is 0.326 e. The Morgan fingerprint density at radius 2 is 1.65 bits per heavy atom. The minimum atomic E-state index is -0.555. The first-order valence-corrected chi connectivity index (χ1v) is 6.68. The number of benzene rings is 1. The third-order valence-electron chi connectivity index (χ3n) is 2.85. The Morgan fingerprint density at radius 3 is 2.22 bits per heavy atom. The van der Waals surface area contributed by atoms with E-state index in [4.69, 9.17) is 9.47 Å². The molecule has 0 aliphatic heterocycles. The first-order chi connectivity index (χ1) is 11.0. The monoisotopic (exact) mass is 316 g/mol. The third kappa shape index (κ3) is 4.40. The maximum atomic E-state index is 12.0. The van der Waals surface area contributed by atoms with Crippen LogP contribution in [0.5, 0.6) is 11.8 Å². The van der Waals surface area contributed by atoms with Crippen molar-refractivity contribution in [3.63, 3.8) is 0 Å². The third-order valence-corrected chi connectivity index (χ3v) is 2.85. The van der Waals surface area contributed by atoms with Crippen LogP contribution in [0.3, 0.4) is 0 Å². The molecule has 120 valence electrons. The highest BCUT2D eigenvalue weighted by molar-refractivity contribution is 6.00. The Kier molecular flexibility index (Phi) is 5.08. The number of nitrogens with one attached hydrogen (secondary N) is 2. The van der Waals surface area contributed by atoms with E-state index in [1.165, 1.54) is 27.2 Å². The van der Waals surface area contributed by atoms with Crippen molar-refractivity contribution >= 4 is 23.5 Å². The summed E-state index contributed by atoms with van der Waals surface area (Å²) >= 11 is 0. The first-order valence-electron chi connectivity index (χ1n) is 6.68. The van der Waals surface area contributed by atoms with E-state index in [1.807, 2.05) is 0 Å². The summed E-state index contributed by atoms with van der Waals surface area (Å²) in [5, 5.41) is 5.07. The predicted molar refractivity (Wildman–Crippen MR) is 84.2 cm³/mol. The van der Waals surface area contributed by atoms with Gasteiger partial charge in [0.15, 0.2) is 5.78 Å². The Bertz CT molecular complexity index is 711. The molecule has 0 bridgehead atoms. The largest absolute Gasteiger partial charge is 0.481 e. The summed E-state index contributed by atoms with van der Waals surface area (Å²) < 4.78 is 10.00. The maximum Gasteiger partial charge on any atom is 0.326 e. The summed E-state index contributed by atoms with van der Waals surface area (Å²) in [5.41, 5.74) is 0.979. The van der Waals surface area contributed by atoms with Gasteiger partial charge in [0.2, 0.25) is 17.7 Å². The Labute approximate surface area is 132 Å². The van der Waals surface area contributed by atoms with E-state index in [-0.39, 0.29) is 23.5 Å². The summed E-state index contributed by atoms with van der Waals surface area (Å²) in [7, 11) is 2.89. The molecule has 0 fully saturated rings. The fourth-order valence-corrected chi connectivity index (χ4v) is 1.75. The van der Waals surface area contributed by atoms with E-state index in [1.54, 1.807) is 24.3 Å². The molecule has 2 amide bonds. The van der Waals surface area contributed by atoms with Crippen LogP contribution in [0.2, 0.25) is 0 Å². The number of hydrogen-bond acceptors (Lipinski definition) is 6. The molecule has 0 unspecified atom stereocenters. The molecule has 0 saturated carbocycles. The quantitative estimate of drug-likeness (QED) is 0.821. The van der Waals surface area contributed by atoms with Crippen LogP contribution < -0.4 is 20.1 Å². The molecule has 0 spiro atoms. The average molecular weight is 316 g/mol. The van der Waals surface area contributed by atoms with Gasteiger partial charge in [0.25, 0.3) is 0 Å². The first kappa shape index (κ1) is 16.2. The molecule has 8 nitrogen and oxygen atoms in total. The van der Waals surface area contributed by atoms with Crippen molar-refractivity contribution < 1.29 is 19.1 Å². The van der Waals surface area contributed by atoms with Gasteiger partial charge in [-0.3, -0.25) is 10.1 Å². The molecule has 0 saturated heterocycles. The lowest BCUT2D eigenvalue weighted by Gasteiger charge is -2.09. The fourth-order valence-electron chi connectivity index (χ4n) is 1.75. The predicted octanol–water partition coefficient (Wildman–Crippen LogP) is 2.34. The van der Waals surface area contributed by atoms with Gasteiger partial charge in [-0.05, 0) is 19.1 Å². The number of methoxy groups -OCH3 is 2. The lowest BCUT2D eigenvalue weighted by molar-refractivity contribution is 0.101. The van der Waals surface area contributed by atoms with Crippen LogP contribution in [0.1, 0.15) is 17.3 Å². The van der Waals surface area contributed by atoms with Gasteiger partial charge in [0.1, 0.15) is 0 Å². The maximum absolute atomic E-state index is 12.0. The van der Waals surface area contributed by atoms with Crippen molar-refractivity contribution in [2.24, 2.45) is 0 Å². The number of ketones is 1. The summed E-state index contributed by atoms with van der Waals surface area (Å²) in [4.78, 5) is 31.3. The van der Waals surface area contributed by atoms with Crippen molar-refractivity contribution in [2.45, 2.75) is 6.92 Å². The molecule has 0 aliphatic carbocycles. The van der Waals surface area contributed by atoms with Crippen LogP contribution in [0.15, 0.2) is 30.3 Å². The van der Waals surface area contributed by atoms with Crippen molar-refractivity contribution in [3.05, 3.63) is 35.9 Å². The molecule has 2 aromatic rings. The zero-order valence-corrected chi connectivity index (χ0v) is 12.9. The molecule has 8 heteroatoms. The van der Waals surface area contributed by atoms with E-state index < -0.39 is 6.03 Å². The normalized spacial score (nSPS) is 9.87. The number of ether oxygens (including phenoxy) is 2. The lowest BCUT2D eigenvalue weighted by atomic mass is 10.1. The van der Waals surface area contributed by atoms with E-state index in [9.17, 15) is 9.59 Å². The number of nitrogens with zero attached hydrogens (tertiary/aromatic N) is 2. The van der Waals surface area contributed by atoms with Crippen molar-refractivity contribution in [2.75, 3.05) is 24.9 Å². The molecule has 2 rings (SSSR count). The van der Waals surface area contributed by atoms with Gasteiger partial charge in [-0.1, -0.05) is 12.1 Å². The van der Waals surface area contributed by atoms with E-state index in [2.05, 4.69) is 20.6 Å². The van der Waals surface area contributed by atoms with Crippen LogP contribution >= 0.6 is 0 Å². The average Bonchev–Trinajstić information content (AvgIpc) is 2.54. The van der Waals surface area contributed by atoms with Gasteiger partial charge in [-0.15, -0.1) is 0 Å². The van der Waals surface area contributed by atoms with E-state index in [0.29, 0.717) is 11.3 Å². The van der Waals surface area contributed by atoms with Crippen molar-refractivity contribution in [1.82, 2.24) is 9.97 Å². The SMILES string of the molecule is COc1cc(OC)nc(NC(=O)Nc2cccc(C(C)=O)c2)n1. The second-order valence-electron chi connectivity index (χ2n) is 4.49.